The molecule has 1 aliphatic heterocycles. The molecule has 0 saturated carbocycles. The maximum absolute atomic E-state index is 12.4. The standard InChI is InChI=1S/C18H32N2O6/c1-6-24-18(23)20-10-8-19(9-11-20)16(21)14(4)26-17(22)15(5)25-12-7-13(2)3/h13-15H,6-12H2,1-5H3. The van der Waals surface area contributed by atoms with Crippen LogP contribution in [0.4, 0.5) is 4.79 Å². The molecular weight excluding hydrogens is 340 g/mol. The third-order valence-corrected chi connectivity index (χ3v) is 4.15. The van der Waals surface area contributed by atoms with Crippen molar-refractivity contribution < 1.29 is 28.6 Å². The van der Waals surface area contributed by atoms with Crippen LogP contribution in [0, 0.1) is 5.92 Å². The van der Waals surface area contributed by atoms with Gasteiger partial charge in [-0.25, -0.2) is 9.59 Å². The lowest BCUT2D eigenvalue weighted by Crippen LogP contribution is -2.53. The number of nitrogens with zero attached hydrogens (tertiary/aromatic N) is 2. The smallest absolute Gasteiger partial charge is 0.409 e. The number of amides is 2. The Morgan fingerprint density at radius 1 is 0.923 bits per heavy atom. The van der Waals surface area contributed by atoms with Crippen LogP contribution in [0.5, 0.6) is 0 Å². The van der Waals surface area contributed by atoms with E-state index in [0.29, 0.717) is 45.3 Å². The molecule has 2 atom stereocenters. The van der Waals surface area contributed by atoms with Crippen LogP contribution >= 0.6 is 0 Å². The normalized spacial score (nSPS) is 17.0. The van der Waals surface area contributed by atoms with E-state index in [1.165, 1.54) is 0 Å². The summed E-state index contributed by atoms with van der Waals surface area (Å²) in [4.78, 5) is 39.3. The first-order chi connectivity index (χ1) is 12.3. The van der Waals surface area contributed by atoms with Crippen molar-refractivity contribution in [2.75, 3.05) is 39.4 Å². The molecule has 0 aromatic rings. The summed E-state index contributed by atoms with van der Waals surface area (Å²) < 4.78 is 15.6. The molecule has 0 spiro atoms. The minimum atomic E-state index is -0.882. The topological polar surface area (TPSA) is 85.4 Å². The van der Waals surface area contributed by atoms with Gasteiger partial charge in [-0.3, -0.25) is 4.79 Å². The Balaban J connectivity index is 2.38. The first kappa shape index (κ1) is 22.2. The summed E-state index contributed by atoms with van der Waals surface area (Å²) in [5, 5.41) is 0. The van der Waals surface area contributed by atoms with Gasteiger partial charge in [0.25, 0.3) is 5.91 Å². The molecule has 0 aromatic carbocycles. The van der Waals surface area contributed by atoms with Gasteiger partial charge in [0, 0.05) is 32.8 Å². The van der Waals surface area contributed by atoms with Crippen molar-refractivity contribution in [3.05, 3.63) is 0 Å². The SMILES string of the molecule is CCOC(=O)N1CCN(C(=O)C(C)OC(=O)C(C)OCCC(C)C)CC1. The minimum absolute atomic E-state index is 0.267. The van der Waals surface area contributed by atoms with E-state index in [-0.39, 0.29) is 12.0 Å². The fourth-order valence-corrected chi connectivity index (χ4v) is 2.45. The molecule has 26 heavy (non-hydrogen) atoms. The molecule has 8 heteroatoms. The van der Waals surface area contributed by atoms with Crippen molar-refractivity contribution in [1.82, 2.24) is 9.80 Å². The van der Waals surface area contributed by atoms with E-state index in [0.717, 1.165) is 6.42 Å². The first-order valence-electron chi connectivity index (χ1n) is 9.28. The number of carbonyl (C=O) groups is 3. The van der Waals surface area contributed by atoms with E-state index < -0.39 is 18.2 Å². The number of carbonyl (C=O) groups excluding carboxylic acids is 3. The van der Waals surface area contributed by atoms with Gasteiger partial charge in [-0.05, 0) is 33.1 Å². The van der Waals surface area contributed by atoms with Crippen LogP contribution in [-0.4, -0.2) is 79.4 Å². The Labute approximate surface area is 155 Å². The van der Waals surface area contributed by atoms with Gasteiger partial charge < -0.3 is 24.0 Å². The third kappa shape index (κ3) is 7.19. The molecule has 1 fully saturated rings. The van der Waals surface area contributed by atoms with Crippen LogP contribution in [0.2, 0.25) is 0 Å². The van der Waals surface area contributed by atoms with E-state index in [4.69, 9.17) is 14.2 Å². The van der Waals surface area contributed by atoms with Crippen molar-refractivity contribution in [3.8, 4) is 0 Å². The van der Waals surface area contributed by atoms with Gasteiger partial charge in [0.05, 0.1) is 6.61 Å². The Kier molecular flexibility index (Phi) is 9.40. The van der Waals surface area contributed by atoms with Crippen molar-refractivity contribution >= 4 is 18.0 Å². The van der Waals surface area contributed by atoms with Crippen molar-refractivity contribution in [2.45, 2.75) is 53.2 Å². The largest absolute Gasteiger partial charge is 0.451 e. The Bertz CT molecular complexity index is 474. The van der Waals surface area contributed by atoms with Crippen LogP contribution in [0.1, 0.15) is 41.0 Å². The second-order valence-electron chi connectivity index (χ2n) is 6.79. The van der Waals surface area contributed by atoms with Gasteiger partial charge in [0.1, 0.15) is 0 Å². The van der Waals surface area contributed by atoms with Crippen molar-refractivity contribution in [1.29, 1.82) is 0 Å². The minimum Gasteiger partial charge on any atom is -0.451 e. The zero-order valence-electron chi connectivity index (χ0n) is 16.5. The van der Waals surface area contributed by atoms with Crippen LogP contribution in [-0.2, 0) is 23.8 Å². The fourth-order valence-electron chi connectivity index (χ4n) is 2.45. The van der Waals surface area contributed by atoms with Crippen LogP contribution in [0.3, 0.4) is 0 Å². The number of ether oxygens (including phenoxy) is 3. The van der Waals surface area contributed by atoms with Crippen LogP contribution in [0.25, 0.3) is 0 Å². The Morgan fingerprint density at radius 2 is 1.50 bits per heavy atom. The predicted octanol–water partition coefficient (Wildman–Crippen LogP) is 1.67. The highest BCUT2D eigenvalue weighted by molar-refractivity contribution is 5.84. The molecule has 2 unspecified atom stereocenters. The molecule has 0 aromatic heterocycles. The molecule has 0 aliphatic carbocycles. The summed E-state index contributed by atoms with van der Waals surface area (Å²) in [5.74, 6) is -0.317. The molecule has 1 aliphatic rings. The lowest BCUT2D eigenvalue weighted by molar-refractivity contribution is -0.168. The van der Waals surface area contributed by atoms with Crippen molar-refractivity contribution in [2.24, 2.45) is 5.92 Å². The van der Waals surface area contributed by atoms with Gasteiger partial charge >= 0.3 is 12.1 Å². The summed E-state index contributed by atoms with van der Waals surface area (Å²) in [6.07, 6.45) is -1.10. The van der Waals surface area contributed by atoms with Gasteiger partial charge in [-0.15, -0.1) is 0 Å². The van der Waals surface area contributed by atoms with Gasteiger partial charge in [0.2, 0.25) is 0 Å². The molecule has 150 valence electrons. The number of piperazine rings is 1. The third-order valence-electron chi connectivity index (χ3n) is 4.15. The van der Waals surface area contributed by atoms with E-state index in [1.807, 2.05) is 0 Å². The molecule has 0 N–H and O–H groups in total. The molecular formula is C18H32N2O6. The summed E-state index contributed by atoms with van der Waals surface area (Å²) in [6, 6.07) is 0. The number of hydrogen-bond donors (Lipinski definition) is 0. The average Bonchev–Trinajstić information content (AvgIpc) is 2.60. The van der Waals surface area contributed by atoms with E-state index >= 15 is 0 Å². The van der Waals surface area contributed by atoms with Gasteiger partial charge in [0.15, 0.2) is 12.2 Å². The summed E-state index contributed by atoms with van der Waals surface area (Å²) >= 11 is 0. The molecule has 0 bridgehead atoms. The predicted molar refractivity (Wildman–Crippen MR) is 95.6 cm³/mol. The fraction of sp³-hybridized carbons (Fsp3) is 0.833. The second-order valence-corrected chi connectivity index (χ2v) is 6.79. The highest BCUT2D eigenvalue weighted by atomic mass is 16.6. The molecule has 1 saturated heterocycles. The Hall–Kier alpha value is -1.83. The molecule has 8 nitrogen and oxygen atoms in total. The lowest BCUT2D eigenvalue weighted by atomic mass is 10.1. The maximum atomic E-state index is 12.4. The zero-order valence-corrected chi connectivity index (χ0v) is 16.5. The maximum Gasteiger partial charge on any atom is 0.409 e. The quantitative estimate of drug-likeness (QED) is 0.603. The molecule has 2 amide bonds. The number of rotatable bonds is 8. The second kappa shape index (κ2) is 11.0. The van der Waals surface area contributed by atoms with E-state index in [2.05, 4.69) is 13.8 Å². The van der Waals surface area contributed by atoms with E-state index in [9.17, 15) is 14.4 Å². The number of hydrogen-bond acceptors (Lipinski definition) is 6. The van der Waals surface area contributed by atoms with Crippen molar-refractivity contribution in [3.63, 3.8) is 0 Å². The van der Waals surface area contributed by atoms with Gasteiger partial charge in [-0.1, -0.05) is 13.8 Å². The Morgan fingerprint density at radius 3 is 2.04 bits per heavy atom. The summed E-state index contributed by atoms with van der Waals surface area (Å²) in [7, 11) is 0. The van der Waals surface area contributed by atoms with Crippen LogP contribution in [0.15, 0.2) is 0 Å². The highest BCUT2D eigenvalue weighted by Crippen LogP contribution is 2.09. The van der Waals surface area contributed by atoms with E-state index in [1.54, 1.807) is 30.6 Å². The zero-order chi connectivity index (χ0) is 19.7. The molecule has 0 radical (unpaired) electrons. The number of esters is 1. The summed E-state index contributed by atoms with van der Waals surface area (Å²) in [6.45, 7) is 11.5. The summed E-state index contributed by atoms with van der Waals surface area (Å²) in [5.41, 5.74) is 0. The lowest BCUT2D eigenvalue weighted by Gasteiger charge is -2.35. The molecule has 1 rings (SSSR count). The highest BCUT2D eigenvalue weighted by Gasteiger charge is 2.30. The van der Waals surface area contributed by atoms with Gasteiger partial charge in [-0.2, -0.15) is 0 Å². The monoisotopic (exact) mass is 372 g/mol. The average molecular weight is 372 g/mol. The molecule has 1 heterocycles. The first-order valence-corrected chi connectivity index (χ1v) is 9.28. The van der Waals surface area contributed by atoms with Crippen LogP contribution < -0.4 is 0 Å².